The van der Waals surface area contributed by atoms with Gasteiger partial charge in [0, 0.05) is 20.9 Å². The molecular formula is C33H51NO2S2. The zero-order valence-electron chi connectivity index (χ0n) is 26.3. The SMILES string of the molecule is Cc1c(C(C)C)cc(SC(C)(C)Sc2cc(C(C)(C)C)c(OC(=O)CN)c(C(C)(C)C)c2)cc1C(C)(C)C. The predicted molar refractivity (Wildman–Crippen MR) is 168 cm³/mol. The Morgan fingerprint density at radius 2 is 1.16 bits per heavy atom. The van der Waals surface area contributed by atoms with Crippen molar-refractivity contribution in [3.05, 3.63) is 52.1 Å². The van der Waals surface area contributed by atoms with Gasteiger partial charge in [-0.2, -0.15) is 0 Å². The van der Waals surface area contributed by atoms with Crippen LogP contribution in [0.3, 0.4) is 0 Å². The maximum Gasteiger partial charge on any atom is 0.325 e. The summed E-state index contributed by atoms with van der Waals surface area (Å²) in [5.41, 5.74) is 11.6. The molecule has 2 aromatic carbocycles. The average molecular weight is 558 g/mol. The minimum atomic E-state index is -0.410. The van der Waals surface area contributed by atoms with Crippen LogP contribution in [-0.2, 0) is 21.0 Å². The van der Waals surface area contributed by atoms with Crippen molar-refractivity contribution in [2.75, 3.05) is 6.54 Å². The molecule has 0 bridgehead atoms. The minimum Gasteiger partial charge on any atom is -0.425 e. The summed E-state index contributed by atoms with van der Waals surface area (Å²) in [4.78, 5) is 14.8. The third-order valence-electron chi connectivity index (χ3n) is 6.64. The van der Waals surface area contributed by atoms with Crippen molar-refractivity contribution in [3.63, 3.8) is 0 Å². The van der Waals surface area contributed by atoms with Crippen LogP contribution in [0.25, 0.3) is 0 Å². The second-order valence-electron chi connectivity index (χ2n) is 14.2. The number of benzene rings is 2. The first-order valence-corrected chi connectivity index (χ1v) is 15.3. The van der Waals surface area contributed by atoms with Gasteiger partial charge in [0.15, 0.2) is 0 Å². The van der Waals surface area contributed by atoms with Crippen LogP contribution in [0.1, 0.15) is 124 Å². The first-order valence-electron chi connectivity index (χ1n) is 13.7. The summed E-state index contributed by atoms with van der Waals surface area (Å²) in [5.74, 6) is 0.720. The zero-order valence-corrected chi connectivity index (χ0v) is 27.9. The van der Waals surface area contributed by atoms with Crippen molar-refractivity contribution < 1.29 is 9.53 Å². The fourth-order valence-corrected chi connectivity index (χ4v) is 7.37. The van der Waals surface area contributed by atoms with Gasteiger partial charge in [-0.3, -0.25) is 4.79 Å². The maximum atomic E-state index is 12.3. The first-order chi connectivity index (χ1) is 17.1. The molecule has 2 rings (SSSR count). The molecule has 0 fully saturated rings. The van der Waals surface area contributed by atoms with E-state index in [4.69, 9.17) is 10.5 Å². The van der Waals surface area contributed by atoms with Crippen LogP contribution in [0, 0.1) is 6.92 Å². The van der Waals surface area contributed by atoms with Crippen molar-refractivity contribution in [2.24, 2.45) is 5.73 Å². The smallest absolute Gasteiger partial charge is 0.325 e. The zero-order chi connectivity index (χ0) is 29.4. The lowest BCUT2D eigenvalue weighted by Gasteiger charge is -2.32. The number of hydrogen-bond acceptors (Lipinski definition) is 5. The summed E-state index contributed by atoms with van der Waals surface area (Å²) in [6.07, 6.45) is 0. The largest absolute Gasteiger partial charge is 0.425 e. The van der Waals surface area contributed by atoms with Gasteiger partial charge in [-0.05, 0) is 83.9 Å². The van der Waals surface area contributed by atoms with Crippen molar-refractivity contribution in [1.29, 1.82) is 0 Å². The highest BCUT2D eigenvalue weighted by Crippen LogP contribution is 2.50. The van der Waals surface area contributed by atoms with E-state index in [1.807, 2.05) is 23.5 Å². The standard InChI is InChI=1S/C33H51NO2S2/c1-20(2)24-15-22(16-25(21(24)3)30(4,5)6)37-33(13,14)38-23-17-26(31(7,8)9)29(36-28(35)19-34)27(18-23)32(10,11)12/h15-18,20H,19,34H2,1-14H3. The van der Waals surface area contributed by atoms with Crippen LogP contribution in [0.2, 0.25) is 0 Å². The number of carbonyl (C=O) groups excluding carboxylic acids is 1. The predicted octanol–water partition coefficient (Wildman–Crippen LogP) is 9.50. The number of rotatable bonds is 7. The number of carbonyl (C=O) groups is 1. The second kappa shape index (κ2) is 11.6. The van der Waals surface area contributed by atoms with Crippen LogP contribution in [-0.4, -0.2) is 16.6 Å². The normalized spacial score (nSPS) is 13.3. The summed E-state index contributed by atoms with van der Waals surface area (Å²) >= 11 is 3.78. The summed E-state index contributed by atoms with van der Waals surface area (Å²) < 4.78 is 5.75. The average Bonchev–Trinajstić information content (AvgIpc) is 2.72. The van der Waals surface area contributed by atoms with E-state index < -0.39 is 5.97 Å². The summed E-state index contributed by atoms with van der Waals surface area (Å²) in [7, 11) is 0. The Balaban J connectivity index is 2.61. The van der Waals surface area contributed by atoms with Gasteiger partial charge in [0.25, 0.3) is 0 Å². The molecule has 0 unspecified atom stereocenters. The quantitative estimate of drug-likeness (QED) is 0.159. The number of esters is 1. The van der Waals surface area contributed by atoms with Gasteiger partial charge in [0.2, 0.25) is 0 Å². The molecule has 3 nitrogen and oxygen atoms in total. The van der Waals surface area contributed by atoms with Gasteiger partial charge >= 0.3 is 5.97 Å². The van der Waals surface area contributed by atoms with E-state index in [0.29, 0.717) is 11.7 Å². The van der Waals surface area contributed by atoms with E-state index in [-0.39, 0.29) is 26.9 Å². The van der Waals surface area contributed by atoms with Crippen LogP contribution in [0.15, 0.2) is 34.1 Å². The van der Waals surface area contributed by atoms with Crippen molar-refractivity contribution in [3.8, 4) is 5.75 Å². The molecule has 0 aromatic heterocycles. The molecule has 38 heavy (non-hydrogen) atoms. The van der Waals surface area contributed by atoms with Gasteiger partial charge in [0.05, 0.1) is 10.6 Å². The van der Waals surface area contributed by atoms with Crippen molar-refractivity contribution in [2.45, 2.75) is 133 Å². The van der Waals surface area contributed by atoms with Gasteiger partial charge in [-0.25, -0.2) is 0 Å². The lowest BCUT2D eigenvalue weighted by atomic mass is 9.79. The Morgan fingerprint density at radius 1 is 0.763 bits per heavy atom. The molecule has 5 heteroatoms. The van der Waals surface area contributed by atoms with Crippen molar-refractivity contribution in [1.82, 2.24) is 0 Å². The summed E-state index contributed by atoms with van der Waals surface area (Å²) in [5, 5.41) is 0. The van der Waals surface area contributed by atoms with E-state index in [0.717, 1.165) is 11.1 Å². The molecule has 0 heterocycles. The highest BCUT2D eigenvalue weighted by atomic mass is 32.2. The van der Waals surface area contributed by atoms with Gasteiger partial charge < -0.3 is 10.5 Å². The van der Waals surface area contributed by atoms with E-state index in [9.17, 15) is 4.79 Å². The summed E-state index contributed by atoms with van der Waals surface area (Å²) in [6.45, 7) is 31.2. The molecule has 0 amide bonds. The maximum absolute atomic E-state index is 12.3. The number of thioether (sulfide) groups is 2. The van der Waals surface area contributed by atoms with E-state index >= 15 is 0 Å². The van der Waals surface area contributed by atoms with Crippen LogP contribution < -0.4 is 10.5 Å². The van der Waals surface area contributed by atoms with E-state index in [1.165, 1.54) is 26.5 Å². The third-order valence-corrected chi connectivity index (χ3v) is 9.07. The first kappa shape index (κ1) is 32.8. The molecule has 0 atom stereocenters. The Hall–Kier alpha value is -1.43. The fourth-order valence-electron chi connectivity index (χ4n) is 4.78. The van der Waals surface area contributed by atoms with Crippen LogP contribution >= 0.6 is 23.5 Å². The highest BCUT2D eigenvalue weighted by molar-refractivity contribution is 8.18. The molecule has 0 aliphatic heterocycles. The lowest BCUT2D eigenvalue weighted by molar-refractivity contribution is -0.132. The van der Waals surface area contributed by atoms with Gasteiger partial charge in [-0.1, -0.05) is 76.2 Å². The van der Waals surface area contributed by atoms with Crippen LogP contribution in [0.4, 0.5) is 0 Å². The van der Waals surface area contributed by atoms with E-state index in [2.05, 4.69) is 121 Å². The molecule has 0 aliphatic rings. The minimum absolute atomic E-state index is 0.0849. The monoisotopic (exact) mass is 557 g/mol. The Labute approximate surface area is 241 Å². The van der Waals surface area contributed by atoms with Crippen LogP contribution in [0.5, 0.6) is 5.75 Å². The number of hydrogen-bond donors (Lipinski definition) is 1. The molecule has 0 radical (unpaired) electrons. The third kappa shape index (κ3) is 8.29. The fraction of sp³-hybridized carbons (Fsp3) is 0.606. The molecule has 0 spiro atoms. The number of nitrogens with two attached hydrogens (primary N) is 1. The Kier molecular flexibility index (Phi) is 10.00. The summed E-state index contributed by atoms with van der Waals surface area (Å²) in [6, 6.07) is 9.19. The molecular weight excluding hydrogens is 507 g/mol. The Bertz CT molecular complexity index is 1120. The molecule has 212 valence electrons. The number of ether oxygens (including phenoxy) is 1. The second-order valence-corrected chi connectivity index (χ2v) is 17.9. The molecule has 0 aliphatic carbocycles. The molecule has 0 saturated heterocycles. The molecule has 2 aromatic rings. The highest BCUT2D eigenvalue weighted by Gasteiger charge is 2.31. The van der Waals surface area contributed by atoms with Crippen molar-refractivity contribution >= 4 is 29.5 Å². The van der Waals surface area contributed by atoms with Gasteiger partial charge in [0.1, 0.15) is 5.75 Å². The molecule has 2 N–H and O–H groups in total. The Morgan fingerprint density at radius 3 is 1.53 bits per heavy atom. The van der Waals surface area contributed by atoms with Gasteiger partial charge in [-0.15, -0.1) is 23.5 Å². The van der Waals surface area contributed by atoms with E-state index in [1.54, 1.807) is 0 Å². The molecule has 0 saturated carbocycles. The lowest BCUT2D eigenvalue weighted by Crippen LogP contribution is -2.25. The topological polar surface area (TPSA) is 52.3 Å².